The van der Waals surface area contributed by atoms with Gasteiger partial charge < -0.3 is 5.32 Å². The van der Waals surface area contributed by atoms with E-state index in [-0.39, 0.29) is 12.4 Å². The van der Waals surface area contributed by atoms with Crippen molar-refractivity contribution in [3.05, 3.63) is 0 Å². The second-order valence-electron chi connectivity index (χ2n) is 4.19. The summed E-state index contributed by atoms with van der Waals surface area (Å²) < 4.78 is 26.4. The molecule has 98 valence electrons. The van der Waals surface area contributed by atoms with Crippen LogP contribution in [0, 0.1) is 5.92 Å². The molecule has 0 bridgehead atoms. The summed E-state index contributed by atoms with van der Waals surface area (Å²) in [6.07, 6.45) is 1.90. The van der Waals surface area contributed by atoms with E-state index in [1.54, 1.807) is 18.4 Å². The van der Waals surface area contributed by atoms with E-state index in [9.17, 15) is 8.42 Å². The van der Waals surface area contributed by atoms with Gasteiger partial charge in [-0.05, 0) is 32.4 Å². The van der Waals surface area contributed by atoms with E-state index in [4.69, 9.17) is 0 Å². The minimum atomic E-state index is -3.19. The van der Waals surface area contributed by atoms with Crippen molar-refractivity contribution in [3.63, 3.8) is 0 Å². The van der Waals surface area contributed by atoms with Gasteiger partial charge in [-0.15, -0.1) is 12.4 Å². The van der Waals surface area contributed by atoms with Gasteiger partial charge in [0.05, 0.1) is 0 Å². The van der Waals surface area contributed by atoms with Crippen molar-refractivity contribution in [3.8, 4) is 0 Å². The summed E-state index contributed by atoms with van der Waals surface area (Å²) in [7, 11) is 1.90. The lowest BCUT2D eigenvalue weighted by Crippen LogP contribution is -2.45. The summed E-state index contributed by atoms with van der Waals surface area (Å²) in [5.41, 5.74) is 0. The second kappa shape index (κ2) is 6.76. The van der Waals surface area contributed by atoms with Crippen LogP contribution in [-0.2, 0) is 10.2 Å². The molecule has 1 heterocycles. The zero-order valence-electron chi connectivity index (χ0n) is 10.1. The fourth-order valence-electron chi connectivity index (χ4n) is 1.86. The smallest absolute Gasteiger partial charge is 0.281 e. The Labute approximate surface area is 105 Å². The molecule has 0 aromatic carbocycles. The predicted octanol–water partition coefficient (Wildman–Crippen LogP) is 0.146. The molecular formula is C9H22ClN3O2S. The summed E-state index contributed by atoms with van der Waals surface area (Å²) in [6, 6.07) is 0. The van der Waals surface area contributed by atoms with Gasteiger partial charge in [0.15, 0.2) is 0 Å². The van der Waals surface area contributed by atoms with E-state index in [0.717, 1.165) is 19.4 Å². The summed E-state index contributed by atoms with van der Waals surface area (Å²) >= 11 is 0. The standard InChI is InChI=1S/C9H21N3O2S.ClH/c1-10-8-9-4-6-12(7-5-9)15(13,14)11(2)3;/h9-10H,4-8H2,1-3H3;1H. The maximum atomic E-state index is 11.8. The van der Waals surface area contributed by atoms with E-state index in [1.165, 1.54) is 4.31 Å². The van der Waals surface area contributed by atoms with Gasteiger partial charge in [-0.3, -0.25) is 0 Å². The molecule has 0 radical (unpaired) electrons. The first-order valence-corrected chi connectivity index (χ1v) is 6.70. The Bertz CT molecular complexity index is 287. The van der Waals surface area contributed by atoms with Gasteiger partial charge in [0.25, 0.3) is 10.2 Å². The van der Waals surface area contributed by atoms with Crippen LogP contribution >= 0.6 is 12.4 Å². The number of hydrogen-bond donors (Lipinski definition) is 1. The highest BCUT2D eigenvalue weighted by atomic mass is 35.5. The van der Waals surface area contributed by atoms with Crippen molar-refractivity contribution in [1.82, 2.24) is 13.9 Å². The molecule has 0 aromatic heterocycles. The monoisotopic (exact) mass is 271 g/mol. The molecule has 0 aliphatic carbocycles. The Hall–Kier alpha value is 0.120. The fourth-order valence-corrected chi connectivity index (χ4v) is 3.00. The second-order valence-corrected chi connectivity index (χ2v) is 6.33. The van der Waals surface area contributed by atoms with Gasteiger partial charge in [0.2, 0.25) is 0 Å². The van der Waals surface area contributed by atoms with Gasteiger partial charge >= 0.3 is 0 Å². The minimum Gasteiger partial charge on any atom is -0.319 e. The van der Waals surface area contributed by atoms with Gasteiger partial charge in [-0.2, -0.15) is 17.0 Å². The van der Waals surface area contributed by atoms with Crippen LogP contribution in [0.1, 0.15) is 12.8 Å². The molecule has 0 spiro atoms. The van der Waals surface area contributed by atoms with E-state index < -0.39 is 10.2 Å². The average molecular weight is 272 g/mol. The number of nitrogens with zero attached hydrogens (tertiary/aromatic N) is 2. The van der Waals surface area contributed by atoms with Crippen molar-refractivity contribution in [2.75, 3.05) is 40.8 Å². The SMILES string of the molecule is CNCC1CCN(S(=O)(=O)N(C)C)CC1.Cl. The highest BCUT2D eigenvalue weighted by Crippen LogP contribution is 2.19. The molecule has 1 saturated heterocycles. The van der Waals surface area contributed by atoms with Crippen molar-refractivity contribution in [1.29, 1.82) is 0 Å². The van der Waals surface area contributed by atoms with E-state index >= 15 is 0 Å². The van der Waals surface area contributed by atoms with Crippen LogP contribution in [0.25, 0.3) is 0 Å². The lowest BCUT2D eigenvalue weighted by molar-refractivity contribution is 0.260. The molecule has 1 aliphatic heterocycles. The zero-order chi connectivity index (χ0) is 11.5. The van der Waals surface area contributed by atoms with Crippen LogP contribution in [0.5, 0.6) is 0 Å². The van der Waals surface area contributed by atoms with Crippen LogP contribution in [0.15, 0.2) is 0 Å². The Balaban J connectivity index is 0.00000225. The van der Waals surface area contributed by atoms with E-state index in [2.05, 4.69) is 5.32 Å². The van der Waals surface area contributed by atoms with Crippen LogP contribution < -0.4 is 5.32 Å². The summed E-state index contributed by atoms with van der Waals surface area (Å²) in [6.45, 7) is 2.27. The van der Waals surface area contributed by atoms with Crippen LogP contribution in [0.3, 0.4) is 0 Å². The highest BCUT2D eigenvalue weighted by molar-refractivity contribution is 7.86. The van der Waals surface area contributed by atoms with Gasteiger partial charge in [0.1, 0.15) is 0 Å². The predicted molar refractivity (Wildman–Crippen MR) is 68.1 cm³/mol. The molecule has 0 atom stereocenters. The van der Waals surface area contributed by atoms with E-state index in [1.807, 2.05) is 7.05 Å². The van der Waals surface area contributed by atoms with Crippen LogP contribution in [-0.4, -0.2) is 57.8 Å². The van der Waals surface area contributed by atoms with Crippen LogP contribution in [0.4, 0.5) is 0 Å². The van der Waals surface area contributed by atoms with Gasteiger partial charge in [0, 0.05) is 27.2 Å². The molecule has 5 nitrogen and oxygen atoms in total. The Kier molecular flexibility index (Phi) is 6.81. The Morgan fingerprint density at radius 2 is 1.81 bits per heavy atom. The first-order chi connectivity index (χ1) is 6.98. The molecule has 0 saturated carbocycles. The maximum absolute atomic E-state index is 11.8. The number of nitrogens with one attached hydrogen (secondary N) is 1. The van der Waals surface area contributed by atoms with Crippen LogP contribution in [0.2, 0.25) is 0 Å². The van der Waals surface area contributed by atoms with Crippen molar-refractivity contribution in [2.24, 2.45) is 5.92 Å². The third-order valence-electron chi connectivity index (χ3n) is 2.85. The average Bonchev–Trinajstić information content (AvgIpc) is 2.19. The minimum absolute atomic E-state index is 0. The largest absolute Gasteiger partial charge is 0.319 e. The molecule has 0 unspecified atom stereocenters. The van der Waals surface area contributed by atoms with Crippen molar-refractivity contribution < 1.29 is 8.42 Å². The first kappa shape index (κ1) is 16.1. The number of rotatable bonds is 4. The maximum Gasteiger partial charge on any atom is 0.281 e. The molecule has 1 rings (SSSR count). The van der Waals surface area contributed by atoms with E-state index in [0.29, 0.717) is 19.0 Å². The Morgan fingerprint density at radius 3 is 2.19 bits per heavy atom. The molecular weight excluding hydrogens is 250 g/mol. The molecule has 16 heavy (non-hydrogen) atoms. The van der Waals surface area contributed by atoms with Gasteiger partial charge in [-0.25, -0.2) is 0 Å². The number of hydrogen-bond acceptors (Lipinski definition) is 3. The molecule has 1 N–H and O–H groups in total. The first-order valence-electron chi connectivity index (χ1n) is 5.30. The molecule has 0 aromatic rings. The lowest BCUT2D eigenvalue weighted by atomic mass is 9.98. The topological polar surface area (TPSA) is 52.7 Å². The Morgan fingerprint density at radius 1 is 1.31 bits per heavy atom. The summed E-state index contributed by atoms with van der Waals surface area (Å²) in [5, 5.41) is 3.14. The lowest BCUT2D eigenvalue weighted by Gasteiger charge is -2.32. The van der Waals surface area contributed by atoms with Crippen molar-refractivity contribution >= 4 is 22.6 Å². The van der Waals surface area contributed by atoms with Gasteiger partial charge in [-0.1, -0.05) is 0 Å². The fraction of sp³-hybridized carbons (Fsp3) is 1.00. The number of piperidine rings is 1. The molecule has 1 fully saturated rings. The molecule has 7 heteroatoms. The number of halogens is 1. The zero-order valence-corrected chi connectivity index (χ0v) is 11.8. The van der Waals surface area contributed by atoms with Crippen molar-refractivity contribution in [2.45, 2.75) is 12.8 Å². The quantitative estimate of drug-likeness (QED) is 0.792. The third-order valence-corrected chi connectivity index (χ3v) is 4.79. The molecule has 1 aliphatic rings. The highest BCUT2D eigenvalue weighted by Gasteiger charge is 2.28. The molecule has 0 amide bonds. The normalized spacial score (nSPS) is 19.8. The third kappa shape index (κ3) is 3.85. The summed E-state index contributed by atoms with van der Waals surface area (Å²) in [5.74, 6) is 0.614. The summed E-state index contributed by atoms with van der Waals surface area (Å²) in [4.78, 5) is 0.